The summed E-state index contributed by atoms with van der Waals surface area (Å²) >= 11 is 0. The molecule has 0 radical (unpaired) electrons. The van der Waals surface area contributed by atoms with E-state index in [0.29, 0.717) is 11.3 Å². The summed E-state index contributed by atoms with van der Waals surface area (Å²) in [4.78, 5) is 12.2. The molecule has 6 nitrogen and oxygen atoms in total. The van der Waals surface area contributed by atoms with Crippen LogP contribution in [0.1, 0.15) is 16.1 Å². The number of benzene rings is 1. The van der Waals surface area contributed by atoms with Crippen molar-refractivity contribution in [2.45, 2.75) is 6.92 Å². The number of furan rings is 1. The lowest BCUT2D eigenvalue weighted by molar-refractivity contribution is 0.0998. The van der Waals surface area contributed by atoms with Gasteiger partial charge in [-0.1, -0.05) is 0 Å². The van der Waals surface area contributed by atoms with Crippen molar-refractivity contribution in [1.29, 1.82) is 0 Å². The molecule has 0 unspecified atom stereocenters. The van der Waals surface area contributed by atoms with Gasteiger partial charge >= 0.3 is 0 Å². The van der Waals surface area contributed by atoms with Gasteiger partial charge in [0.1, 0.15) is 11.3 Å². The van der Waals surface area contributed by atoms with Crippen LogP contribution >= 0.6 is 0 Å². The fourth-order valence-corrected chi connectivity index (χ4v) is 2.05. The molecule has 0 aliphatic carbocycles. The molecule has 2 heterocycles. The summed E-state index contributed by atoms with van der Waals surface area (Å²) < 4.78 is 10.8. The molecule has 2 aromatic heterocycles. The third-order valence-electron chi connectivity index (χ3n) is 3.11. The number of carbonyl (C=O) groups excluding carboxylic acids is 1. The molecular weight excluding hydrogens is 258 g/mol. The second-order valence-electron chi connectivity index (χ2n) is 4.36. The zero-order chi connectivity index (χ0) is 14.1. The minimum absolute atomic E-state index is 0.287. The van der Waals surface area contributed by atoms with E-state index in [1.807, 2.05) is 13.0 Å². The van der Waals surface area contributed by atoms with Gasteiger partial charge in [-0.15, -0.1) is 0 Å². The first-order valence-corrected chi connectivity index (χ1v) is 6.06. The van der Waals surface area contributed by atoms with E-state index in [-0.39, 0.29) is 11.7 Å². The summed E-state index contributed by atoms with van der Waals surface area (Å²) in [6, 6.07) is 5.43. The van der Waals surface area contributed by atoms with Gasteiger partial charge in [-0.05, 0) is 25.1 Å². The number of hydrogen-bond donors (Lipinski definition) is 2. The summed E-state index contributed by atoms with van der Waals surface area (Å²) in [5.41, 5.74) is 2.02. The number of fused-ring (bicyclic) bond motifs is 1. The molecule has 0 atom stereocenters. The van der Waals surface area contributed by atoms with Gasteiger partial charge in [0.15, 0.2) is 5.76 Å². The minimum Gasteiger partial charge on any atom is -0.497 e. The summed E-state index contributed by atoms with van der Waals surface area (Å²) in [5, 5.41) is 9.97. The van der Waals surface area contributed by atoms with Gasteiger partial charge in [0.05, 0.1) is 19.0 Å². The predicted octanol–water partition coefficient (Wildman–Crippen LogP) is 2.73. The SMILES string of the molecule is COc1ccc2oc(C(=O)Nc3cn[nH]c3)c(C)c2c1. The fourth-order valence-electron chi connectivity index (χ4n) is 2.05. The lowest BCUT2D eigenvalue weighted by Crippen LogP contribution is -2.11. The largest absolute Gasteiger partial charge is 0.497 e. The molecule has 0 aliphatic heterocycles. The molecule has 0 spiro atoms. The molecule has 3 aromatic rings. The van der Waals surface area contributed by atoms with Crippen LogP contribution in [0.25, 0.3) is 11.0 Å². The number of anilines is 1. The van der Waals surface area contributed by atoms with Crippen LogP contribution in [0.15, 0.2) is 35.0 Å². The monoisotopic (exact) mass is 271 g/mol. The molecule has 0 saturated carbocycles. The molecule has 20 heavy (non-hydrogen) atoms. The number of carbonyl (C=O) groups is 1. The fraction of sp³-hybridized carbons (Fsp3) is 0.143. The zero-order valence-electron chi connectivity index (χ0n) is 11.1. The Bertz CT molecular complexity index is 759. The van der Waals surface area contributed by atoms with Gasteiger partial charge in [-0.3, -0.25) is 9.89 Å². The van der Waals surface area contributed by atoms with Gasteiger partial charge in [0.2, 0.25) is 0 Å². The number of aromatic amines is 1. The molecular formula is C14H13N3O3. The average Bonchev–Trinajstić information content (AvgIpc) is 3.07. The Hall–Kier alpha value is -2.76. The number of hydrogen-bond acceptors (Lipinski definition) is 4. The van der Waals surface area contributed by atoms with Crippen molar-refractivity contribution in [3.05, 3.63) is 41.9 Å². The van der Waals surface area contributed by atoms with Crippen LogP contribution in [0.3, 0.4) is 0 Å². The first kappa shape index (κ1) is 12.3. The number of amides is 1. The lowest BCUT2D eigenvalue weighted by atomic mass is 10.1. The van der Waals surface area contributed by atoms with E-state index in [1.54, 1.807) is 25.4 Å². The number of nitrogens with one attached hydrogen (secondary N) is 2. The minimum atomic E-state index is -0.306. The summed E-state index contributed by atoms with van der Waals surface area (Å²) in [6.07, 6.45) is 3.12. The maximum absolute atomic E-state index is 12.2. The highest BCUT2D eigenvalue weighted by molar-refractivity contribution is 6.06. The van der Waals surface area contributed by atoms with Crippen molar-refractivity contribution < 1.29 is 13.9 Å². The van der Waals surface area contributed by atoms with Crippen LogP contribution in [0.4, 0.5) is 5.69 Å². The molecule has 0 fully saturated rings. The maximum atomic E-state index is 12.2. The highest BCUT2D eigenvalue weighted by Gasteiger charge is 2.18. The van der Waals surface area contributed by atoms with Gasteiger partial charge in [0.25, 0.3) is 5.91 Å². The number of aryl methyl sites for hydroxylation is 1. The number of ether oxygens (including phenoxy) is 1. The van der Waals surface area contributed by atoms with Crippen LogP contribution in [0, 0.1) is 6.92 Å². The summed E-state index contributed by atoms with van der Waals surface area (Å²) in [5.74, 6) is 0.705. The third-order valence-corrected chi connectivity index (χ3v) is 3.11. The first-order valence-electron chi connectivity index (χ1n) is 6.06. The quantitative estimate of drug-likeness (QED) is 0.767. The molecule has 2 N–H and O–H groups in total. The number of rotatable bonds is 3. The van der Waals surface area contributed by atoms with Crippen molar-refractivity contribution in [2.24, 2.45) is 0 Å². The predicted molar refractivity (Wildman–Crippen MR) is 74.0 cm³/mol. The number of aromatic nitrogens is 2. The molecule has 6 heteroatoms. The van der Waals surface area contributed by atoms with E-state index in [0.717, 1.165) is 16.7 Å². The Labute approximate surface area is 114 Å². The van der Waals surface area contributed by atoms with Gasteiger partial charge in [-0.25, -0.2) is 0 Å². The lowest BCUT2D eigenvalue weighted by Gasteiger charge is -1.99. The Morgan fingerprint density at radius 1 is 1.45 bits per heavy atom. The molecule has 0 saturated heterocycles. The Morgan fingerprint density at radius 3 is 3.00 bits per heavy atom. The van der Waals surface area contributed by atoms with Gasteiger partial charge in [-0.2, -0.15) is 5.10 Å². The number of nitrogens with zero attached hydrogens (tertiary/aromatic N) is 1. The van der Waals surface area contributed by atoms with E-state index < -0.39 is 0 Å². The first-order chi connectivity index (χ1) is 9.69. The molecule has 1 aromatic carbocycles. The second kappa shape index (κ2) is 4.73. The topological polar surface area (TPSA) is 80.2 Å². The van der Waals surface area contributed by atoms with Crippen molar-refractivity contribution >= 4 is 22.6 Å². The summed E-state index contributed by atoms with van der Waals surface area (Å²) in [6.45, 7) is 1.84. The highest BCUT2D eigenvalue weighted by atomic mass is 16.5. The highest BCUT2D eigenvalue weighted by Crippen LogP contribution is 2.29. The van der Waals surface area contributed by atoms with Crippen molar-refractivity contribution in [3.63, 3.8) is 0 Å². The smallest absolute Gasteiger partial charge is 0.291 e. The average molecular weight is 271 g/mol. The molecule has 3 rings (SSSR count). The standard InChI is InChI=1S/C14H13N3O3/c1-8-11-5-10(19-2)3-4-12(11)20-13(8)14(18)17-9-6-15-16-7-9/h3-7H,1-2H3,(H,15,16)(H,17,18). The Balaban J connectivity index is 1.99. The third kappa shape index (κ3) is 2.01. The van der Waals surface area contributed by atoms with Crippen molar-refractivity contribution in [2.75, 3.05) is 12.4 Å². The molecule has 102 valence electrons. The summed E-state index contributed by atoms with van der Waals surface area (Å²) in [7, 11) is 1.60. The van der Waals surface area contributed by atoms with Crippen molar-refractivity contribution in [1.82, 2.24) is 10.2 Å². The molecule has 0 aliphatic rings. The van der Waals surface area contributed by atoms with Crippen LogP contribution in [-0.4, -0.2) is 23.2 Å². The maximum Gasteiger partial charge on any atom is 0.291 e. The second-order valence-corrected chi connectivity index (χ2v) is 4.36. The van der Waals surface area contributed by atoms with Crippen LogP contribution < -0.4 is 10.1 Å². The molecule has 0 bridgehead atoms. The van der Waals surface area contributed by atoms with E-state index >= 15 is 0 Å². The zero-order valence-corrected chi connectivity index (χ0v) is 11.1. The van der Waals surface area contributed by atoms with Gasteiger partial charge < -0.3 is 14.5 Å². The van der Waals surface area contributed by atoms with E-state index in [4.69, 9.17) is 9.15 Å². The van der Waals surface area contributed by atoms with E-state index in [9.17, 15) is 4.79 Å². The van der Waals surface area contributed by atoms with E-state index in [2.05, 4.69) is 15.5 Å². The van der Waals surface area contributed by atoms with Crippen LogP contribution in [0.2, 0.25) is 0 Å². The van der Waals surface area contributed by atoms with E-state index in [1.165, 1.54) is 6.20 Å². The van der Waals surface area contributed by atoms with Crippen molar-refractivity contribution in [3.8, 4) is 5.75 Å². The van der Waals surface area contributed by atoms with Gasteiger partial charge in [0, 0.05) is 17.1 Å². The number of H-pyrrole nitrogens is 1. The van der Waals surface area contributed by atoms with Crippen LogP contribution in [-0.2, 0) is 0 Å². The normalized spacial score (nSPS) is 10.7. The molecule has 1 amide bonds. The Morgan fingerprint density at radius 2 is 2.30 bits per heavy atom. The van der Waals surface area contributed by atoms with Crippen LogP contribution in [0.5, 0.6) is 5.75 Å². The Kier molecular flexibility index (Phi) is 2.90. The number of methoxy groups -OCH3 is 1.